The molecule has 0 rings (SSSR count). The molecular formula is C85H144O17P2. The van der Waals surface area contributed by atoms with Crippen LogP contribution in [-0.2, 0) is 65.4 Å². The molecule has 3 N–H and O–H groups in total. The number of allylic oxidation sites excluding steroid dienone is 22. The van der Waals surface area contributed by atoms with Crippen LogP contribution >= 0.6 is 15.6 Å². The molecule has 0 heterocycles. The average molecular weight is 1500 g/mol. The van der Waals surface area contributed by atoms with Crippen molar-refractivity contribution in [3.05, 3.63) is 134 Å². The van der Waals surface area contributed by atoms with E-state index in [0.29, 0.717) is 25.7 Å². The normalized spacial score (nSPS) is 14.6. The van der Waals surface area contributed by atoms with Gasteiger partial charge in [0, 0.05) is 25.7 Å². The summed E-state index contributed by atoms with van der Waals surface area (Å²) < 4.78 is 68.6. The largest absolute Gasteiger partial charge is 0.472 e. The second-order valence-electron chi connectivity index (χ2n) is 26.6. The Kier molecular flexibility index (Phi) is 72.9. The lowest BCUT2D eigenvalue weighted by atomic mass is 10.1. The molecule has 0 saturated heterocycles. The van der Waals surface area contributed by atoms with E-state index in [4.69, 9.17) is 37.0 Å². The first kappa shape index (κ1) is 99.2. The molecule has 0 bridgehead atoms. The Morgan fingerprint density at radius 3 is 0.798 bits per heavy atom. The summed E-state index contributed by atoms with van der Waals surface area (Å²) in [7, 11) is -9.98. The van der Waals surface area contributed by atoms with Gasteiger partial charge in [0.2, 0.25) is 0 Å². The van der Waals surface area contributed by atoms with E-state index < -0.39 is 97.5 Å². The molecular weight excluding hydrogens is 1350 g/mol. The molecule has 0 saturated carbocycles. The maximum atomic E-state index is 13.1. The molecule has 596 valence electrons. The molecule has 0 aliphatic heterocycles. The van der Waals surface area contributed by atoms with Crippen molar-refractivity contribution in [2.24, 2.45) is 0 Å². The highest BCUT2D eigenvalue weighted by Crippen LogP contribution is 2.45. The molecule has 0 radical (unpaired) electrons. The minimum absolute atomic E-state index is 0.0695. The van der Waals surface area contributed by atoms with E-state index in [0.717, 1.165) is 186 Å². The van der Waals surface area contributed by atoms with Gasteiger partial charge in [-0.05, 0) is 141 Å². The number of esters is 4. The van der Waals surface area contributed by atoms with Crippen molar-refractivity contribution in [1.29, 1.82) is 0 Å². The Bertz CT molecular complexity index is 2490. The van der Waals surface area contributed by atoms with Crippen molar-refractivity contribution in [2.45, 2.75) is 341 Å². The minimum atomic E-state index is -4.99. The number of rotatable bonds is 75. The van der Waals surface area contributed by atoms with Crippen LogP contribution in [0.3, 0.4) is 0 Å². The lowest BCUT2D eigenvalue weighted by Crippen LogP contribution is -2.30. The van der Waals surface area contributed by atoms with Gasteiger partial charge in [-0.15, -0.1) is 0 Å². The molecule has 17 nitrogen and oxygen atoms in total. The Balaban J connectivity index is 5.37. The fraction of sp³-hybridized carbons (Fsp3) is 0.694. The van der Waals surface area contributed by atoms with Crippen molar-refractivity contribution in [3.8, 4) is 0 Å². The van der Waals surface area contributed by atoms with Gasteiger partial charge in [0.1, 0.15) is 19.3 Å². The van der Waals surface area contributed by atoms with Gasteiger partial charge >= 0.3 is 39.5 Å². The highest BCUT2D eigenvalue weighted by atomic mass is 31.2. The summed E-state index contributed by atoms with van der Waals surface area (Å²) in [5.74, 6) is -2.24. The lowest BCUT2D eigenvalue weighted by Gasteiger charge is -2.21. The monoisotopic (exact) mass is 1500 g/mol. The van der Waals surface area contributed by atoms with E-state index in [-0.39, 0.29) is 25.7 Å². The van der Waals surface area contributed by atoms with Crippen LogP contribution in [0.15, 0.2) is 134 Å². The van der Waals surface area contributed by atoms with E-state index in [1.807, 2.05) is 0 Å². The van der Waals surface area contributed by atoms with Crippen LogP contribution in [0.1, 0.15) is 323 Å². The minimum Gasteiger partial charge on any atom is -0.462 e. The zero-order chi connectivity index (χ0) is 76.0. The smallest absolute Gasteiger partial charge is 0.462 e. The van der Waals surface area contributed by atoms with E-state index in [9.17, 15) is 43.2 Å². The van der Waals surface area contributed by atoms with E-state index in [1.165, 1.54) is 57.8 Å². The molecule has 0 aromatic carbocycles. The number of aliphatic hydroxyl groups excluding tert-OH is 1. The molecule has 0 spiro atoms. The van der Waals surface area contributed by atoms with Gasteiger partial charge in [-0.3, -0.25) is 37.3 Å². The first-order chi connectivity index (χ1) is 50.7. The van der Waals surface area contributed by atoms with Gasteiger partial charge < -0.3 is 33.8 Å². The molecule has 0 aliphatic carbocycles. The van der Waals surface area contributed by atoms with Crippen LogP contribution in [0.2, 0.25) is 0 Å². The van der Waals surface area contributed by atoms with Gasteiger partial charge in [-0.1, -0.05) is 290 Å². The second-order valence-corrected chi connectivity index (χ2v) is 29.5. The maximum absolute atomic E-state index is 13.1. The Labute approximate surface area is 631 Å². The highest BCUT2D eigenvalue weighted by molar-refractivity contribution is 7.47. The van der Waals surface area contributed by atoms with Crippen LogP contribution in [0, 0.1) is 0 Å². The van der Waals surface area contributed by atoms with Crippen molar-refractivity contribution in [2.75, 3.05) is 39.6 Å². The van der Waals surface area contributed by atoms with Gasteiger partial charge in [0.25, 0.3) is 0 Å². The molecule has 0 fully saturated rings. The quantitative estimate of drug-likeness (QED) is 0.0169. The number of carbonyl (C=O) groups excluding carboxylic acids is 4. The van der Waals surface area contributed by atoms with Crippen LogP contribution in [0.5, 0.6) is 0 Å². The third kappa shape index (κ3) is 75.4. The molecule has 5 unspecified atom stereocenters. The van der Waals surface area contributed by atoms with Crippen molar-refractivity contribution in [3.63, 3.8) is 0 Å². The van der Waals surface area contributed by atoms with Gasteiger partial charge in [0.05, 0.1) is 26.4 Å². The van der Waals surface area contributed by atoms with E-state index in [2.05, 4.69) is 161 Å². The molecule has 0 aromatic heterocycles. The number of hydrogen-bond donors (Lipinski definition) is 3. The third-order valence-electron chi connectivity index (χ3n) is 16.6. The zero-order valence-corrected chi connectivity index (χ0v) is 66.9. The number of aliphatic hydroxyl groups is 1. The number of carbonyl (C=O) groups is 4. The molecule has 5 atom stereocenters. The fourth-order valence-electron chi connectivity index (χ4n) is 10.5. The number of unbranched alkanes of at least 4 members (excludes halogenated alkanes) is 27. The summed E-state index contributed by atoms with van der Waals surface area (Å²) in [6, 6.07) is 0. The topological polar surface area (TPSA) is 237 Å². The Morgan fingerprint density at radius 1 is 0.279 bits per heavy atom. The SMILES string of the molecule is CC/C=C\C/C=C\C/C=C\C/C=C\C/C=C\CCCCCC(=O)OCC(COP(=O)(O)OCC(O)COP(=O)(O)OCC(COC(=O)CCCCCCCC/C=C\C/C=C\C/C=C\CCCCC)OC(=O)CCCCCCC/C=C\C/C=C\C/C=C\CC)OC(=O)CCCCCCCCCCCCC. The summed E-state index contributed by atoms with van der Waals surface area (Å²) in [5.41, 5.74) is 0. The predicted octanol–water partition coefficient (Wildman–Crippen LogP) is 23.7. The first-order valence-corrected chi connectivity index (χ1v) is 43.4. The van der Waals surface area contributed by atoms with Gasteiger partial charge in [0.15, 0.2) is 12.2 Å². The van der Waals surface area contributed by atoms with Gasteiger partial charge in [-0.2, -0.15) is 0 Å². The van der Waals surface area contributed by atoms with Crippen LogP contribution in [-0.4, -0.2) is 96.7 Å². The second kappa shape index (κ2) is 76.4. The number of ether oxygens (including phenoxy) is 4. The van der Waals surface area contributed by atoms with Crippen LogP contribution in [0.25, 0.3) is 0 Å². The summed E-state index contributed by atoms with van der Waals surface area (Å²) in [6.45, 7) is 4.56. The molecule has 104 heavy (non-hydrogen) atoms. The number of phosphoric ester groups is 2. The molecule has 0 aromatic rings. The molecule has 0 aliphatic rings. The summed E-state index contributed by atoms with van der Waals surface area (Å²) in [5, 5.41) is 10.6. The van der Waals surface area contributed by atoms with Crippen molar-refractivity contribution >= 4 is 39.5 Å². The van der Waals surface area contributed by atoms with Crippen molar-refractivity contribution in [1.82, 2.24) is 0 Å². The van der Waals surface area contributed by atoms with Crippen molar-refractivity contribution < 1.29 is 80.2 Å². The van der Waals surface area contributed by atoms with E-state index >= 15 is 0 Å². The number of hydrogen-bond acceptors (Lipinski definition) is 15. The maximum Gasteiger partial charge on any atom is 0.472 e. The number of phosphoric acid groups is 2. The summed E-state index contributed by atoms with van der Waals surface area (Å²) >= 11 is 0. The zero-order valence-electron chi connectivity index (χ0n) is 65.2. The Hall–Kier alpha value is -4.80. The highest BCUT2D eigenvalue weighted by Gasteiger charge is 2.30. The lowest BCUT2D eigenvalue weighted by molar-refractivity contribution is -0.161. The average Bonchev–Trinajstić information content (AvgIpc) is 0.931. The molecule has 0 amide bonds. The van der Waals surface area contributed by atoms with Gasteiger partial charge in [-0.25, -0.2) is 9.13 Å². The van der Waals surface area contributed by atoms with Crippen LogP contribution in [0.4, 0.5) is 0 Å². The van der Waals surface area contributed by atoms with Crippen LogP contribution < -0.4 is 0 Å². The predicted molar refractivity (Wildman–Crippen MR) is 427 cm³/mol. The van der Waals surface area contributed by atoms with E-state index in [1.54, 1.807) is 0 Å². The Morgan fingerprint density at radius 2 is 0.500 bits per heavy atom. The fourth-order valence-corrected chi connectivity index (χ4v) is 12.1. The summed E-state index contributed by atoms with van der Waals surface area (Å²) in [4.78, 5) is 73.0. The first-order valence-electron chi connectivity index (χ1n) is 40.4. The third-order valence-corrected chi connectivity index (χ3v) is 18.5. The molecule has 19 heteroatoms. The standard InChI is InChI=1S/C85H144O17P2/c1-5-9-13-17-21-25-29-32-35-37-39-41-44-46-50-53-57-61-65-69-82(87)95-75-80(101-84(89)71-67-63-59-55-49-28-24-20-16-12-8-4)77-99-103(91,92)97-73-79(86)74-98-104(93,94)100-78-81(102-85(90)72-68-64-60-56-52-48-43-34-31-27-23-19-15-11-7-3)76-96-83(88)70-66-62-58-54-51-47-45-42-40-38-36-33-30-26-22-18-14-10-6-2/h9,11,13,15,21-23,25-27,32-36,39-43,46,50,79-81,86H,5-8,10,12,14,16-20,24,28-31,37-38,44-45,47-49,51-78H2,1-4H3,(H,91,92)(H,93,94)/b13-9-,15-11-,25-21-,26-22-,27-23-,35-32-,36-33-,41-39-,42-40-,43-34-,50-46-. The summed E-state index contributed by atoms with van der Waals surface area (Å²) in [6.07, 6.45) is 85.7.